The zero-order valence-electron chi connectivity index (χ0n) is 13.0. The maximum absolute atomic E-state index is 6.51. The van der Waals surface area contributed by atoms with Gasteiger partial charge in [0.2, 0.25) is 0 Å². The van der Waals surface area contributed by atoms with E-state index in [1.807, 2.05) is 0 Å². The minimum Gasteiger partial charge on any atom is -0.327 e. The van der Waals surface area contributed by atoms with E-state index in [0.29, 0.717) is 5.92 Å². The van der Waals surface area contributed by atoms with Crippen LogP contribution >= 0.6 is 15.9 Å². The van der Waals surface area contributed by atoms with Crippen molar-refractivity contribution >= 4 is 15.9 Å². The molecule has 1 aliphatic rings. The average molecular weight is 342 g/mol. The molecule has 2 rings (SSSR count). The number of aromatic nitrogens is 2. The molecule has 20 heavy (non-hydrogen) atoms. The van der Waals surface area contributed by atoms with E-state index in [0.717, 1.165) is 29.1 Å². The molecule has 1 aromatic rings. The number of rotatable bonds is 5. The molecule has 1 aliphatic carbocycles. The number of nitrogens with two attached hydrogens (primary N) is 1. The molecule has 1 aromatic heterocycles. The van der Waals surface area contributed by atoms with E-state index in [2.05, 4.69) is 46.5 Å². The van der Waals surface area contributed by atoms with Crippen LogP contribution in [0.1, 0.15) is 57.3 Å². The predicted octanol–water partition coefficient (Wildman–Crippen LogP) is 4.06. The second kappa shape index (κ2) is 7.08. The molecule has 2 N–H and O–H groups in total. The van der Waals surface area contributed by atoms with E-state index in [1.54, 1.807) is 0 Å². The number of nitrogens with zero attached hydrogens (tertiary/aromatic N) is 2. The Bertz CT molecular complexity index is 433. The minimum absolute atomic E-state index is 0.269. The van der Waals surface area contributed by atoms with E-state index in [4.69, 9.17) is 5.73 Å². The lowest BCUT2D eigenvalue weighted by Crippen LogP contribution is -2.35. The topological polar surface area (TPSA) is 43.8 Å². The molecule has 0 amide bonds. The Kier molecular flexibility index (Phi) is 5.67. The summed E-state index contributed by atoms with van der Waals surface area (Å²) in [6, 6.07) is 0.269. The second-order valence-corrected chi connectivity index (χ2v) is 7.01. The molecule has 4 heteroatoms. The van der Waals surface area contributed by atoms with E-state index in [1.165, 1.54) is 37.8 Å². The molecular formula is C16H28BrN3. The van der Waals surface area contributed by atoms with Crippen LogP contribution in [0.5, 0.6) is 0 Å². The highest BCUT2D eigenvalue weighted by atomic mass is 79.9. The summed E-state index contributed by atoms with van der Waals surface area (Å²) in [6.07, 6.45) is 7.60. The molecule has 1 atom stereocenters. The van der Waals surface area contributed by atoms with Crippen LogP contribution in [-0.4, -0.2) is 15.8 Å². The first kappa shape index (κ1) is 16.0. The fourth-order valence-corrected chi connectivity index (χ4v) is 3.92. The lowest BCUT2D eigenvalue weighted by molar-refractivity contribution is 0.236. The molecule has 0 saturated heterocycles. The van der Waals surface area contributed by atoms with Crippen molar-refractivity contribution in [1.29, 1.82) is 0 Å². The molecule has 0 radical (unpaired) electrons. The van der Waals surface area contributed by atoms with Crippen molar-refractivity contribution in [2.45, 2.75) is 71.9 Å². The standard InChI is InChI=1S/C16H28BrN3/c1-4-12-6-8-13(9-7-12)14(18)10-15-16(17)11(3)19-20(15)5-2/h12-14H,4-10,18H2,1-3H3. The smallest absolute Gasteiger partial charge is 0.0738 e. The molecule has 114 valence electrons. The van der Waals surface area contributed by atoms with Gasteiger partial charge in [0.05, 0.1) is 15.9 Å². The first-order valence-electron chi connectivity index (χ1n) is 8.04. The largest absolute Gasteiger partial charge is 0.327 e. The highest BCUT2D eigenvalue weighted by Crippen LogP contribution is 2.33. The summed E-state index contributed by atoms with van der Waals surface area (Å²) in [5.74, 6) is 1.62. The van der Waals surface area contributed by atoms with Crippen LogP contribution in [0.2, 0.25) is 0 Å². The quantitative estimate of drug-likeness (QED) is 0.877. The second-order valence-electron chi connectivity index (χ2n) is 6.22. The summed E-state index contributed by atoms with van der Waals surface area (Å²) >= 11 is 3.68. The fourth-order valence-electron chi connectivity index (χ4n) is 3.48. The minimum atomic E-state index is 0.269. The molecule has 0 aliphatic heterocycles. The van der Waals surface area contributed by atoms with Crippen LogP contribution in [0.15, 0.2) is 4.47 Å². The van der Waals surface area contributed by atoms with Gasteiger partial charge in [-0.15, -0.1) is 0 Å². The Morgan fingerprint density at radius 3 is 2.50 bits per heavy atom. The Morgan fingerprint density at radius 2 is 1.95 bits per heavy atom. The van der Waals surface area contributed by atoms with E-state index in [9.17, 15) is 0 Å². The van der Waals surface area contributed by atoms with Gasteiger partial charge in [0.15, 0.2) is 0 Å². The molecule has 0 aromatic carbocycles. The maximum atomic E-state index is 6.51. The molecule has 0 spiro atoms. The van der Waals surface area contributed by atoms with Crippen LogP contribution in [0.4, 0.5) is 0 Å². The molecule has 1 saturated carbocycles. The van der Waals surface area contributed by atoms with Crippen LogP contribution in [-0.2, 0) is 13.0 Å². The van der Waals surface area contributed by atoms with Gasteiger partial charge in [-0.25, -0.2) is 0 Å². The first-order chi connectivity index (χ1) is 9.56. The third-order valence-electron chi connectivity index (χ3n) is 4.96. The Labute approximate surface area is 131 Å². The van der Waals surface area contributed by atoms with Gasteiger partial charge in [-0.1, -0.05) is 26.2 Å². The zero-order valence-corrected chi connectivity index (χ0v) is 14.6. The highest BCUT2D eigenvalue weighted by molar-refractivity contribution is 9.10. The van der Waals surface area contributed by atoms with Crippen LogP contribution in [0.3, 0.4) is 0 Å². The third-order valence-corrected chi connectivity index (χ3v) is 5.99. The molecule has 0 bridgehead atoms. The molecule has 1 unspecified atom stereocenters. The lowest BCUT2D eigenvalue weighted by Gasteiger charge is -2.31. The maximum Gasteiger partial charge on any atom is 0.0738 e. The summed E-state index contributed by atoms with van der Waals surface area (Å²) in [6.45, 7) is 7.42. The van der Waals surface area contributed by atoms with Crippen LogP contribution < -0.4 is 5.73 Å². The summed E-state index contributed by atoms with van der Waals surface area (Å²) in [4.78, 5) is 0. The van der Waals surface area contributed by atoms with Crippen molar-refractivity contribution in [3.8, 4) is 0 Å². The lowest BCUT2D eigenvalue weighted by atomic mass is 9.77. The molecule has 1 fully saturated rings. The van der Waals surface area contributed by atoms with Gasteiger partial charge in [0, 0.05) is 19.0 Å². The Hall–Kier alpha value is -0.350. The number of hydrogen-bond donors (Lipinski definition) is 1. The fraction of sp³-hybridized carbons (Fsp3) is 0.812. The van der Waals surface area contributed by atoms with Crippen LogP contribution in [0.25, 0.3) is 0 Å². The monoisotopic (exact) mass is 341 g/mol. The van der Waals surface area contributed by atoms with Crippen molar-refractivity contribution in [2.24, 2.45) is 17.6 Å². The number of aryl methyl sites for hydroxylation is 2. The van der Waals surface area contributed by atoms with Crippen molar-refractivity contribution < 1.29 is 0 Å². The van der Waals surface area contributed by atoms with Gasteiger partial charge in [-0.3, -0.25) is 4.68 Å². The Balaban J connectivity index is 2.00. The SMILES string of the molecule is CCC1CCC(C(N)Cc2c(Br)c(C)nn2CC)CC1. The van der Waals surface area contributed by atoms with Gasteiger partial charge >= 0.3 is 0 Å². The summed E-state index contributed by atoms with van der Waals surface area (Å²) < 4.78 is 3.24. The van der Waals surface area contributed by atoms with E-state index >= 15 is 0 Å². The molecule has 1 heterocycles. The van der Waals surface area contributed by atoms with Gasteiger partial charge in [0.1, 0.15) is 0 Å². The van der Waals surface area contributed by atoms with E-state index in [-0.39, 0.29) is 6.04 Å². The van der Waals surface area contributed by atoms with Crippen molar-refractivity contribution in [3.63, 3.8) is 0 Å². The molecule has 3 nitrogen and oxygen atoms in total. The third kappa shape index (κ3) is 3.45. The predicted molar refractivity (Wildman–Crippen MR) is 87.8 cm³/mol. The number of hydrogen-bond acceptors (Lipinski definition) is 2. The first-order valence-corrected chi connectivity index (χ1v) is 8.83. The normalized spacial score (nSPS) is 24.9. The van der Waals surface area contributed by atoms with Crippen LogP contribution in [0, 0.1) is 18.8 Å². The van der Waals surface area contributed by atoms with Gasteiger partial charge < -0.3 is 5.73 Å². The van der Waals surface area contributed by atoms with Gasteiger partial charge in [-0.05, 0) is 54.5 Å². The van der Waals surface area contributed by atoms with Crippen molar-refractivity contribution in [2.75, 3.05) is 0 Å². The van der Waals surface area contributed by atoms with Crippen molar-refractivity contribution in [1.82, 2.24) is 9.78 Å². The van der Waals surface area contributed by atoms with E-state index < -0.39 is 0 Å². The average Bonchev–Trinajstić information content (AvgIpc) is 2.75. The summed E-state index contributed by atoms with van der Waals surface area (Å²) in [5, 5.41) is 4.57. The highest BCUT2D eigenvalue weighted by Gasteiger charge is 2.26. The number of halogens is 1. The Morgan fingerprint density at radius 1 is 1.30 bits per heavy atom. The summed E-state index contributed by atoms with van der Waals surface area (Å²) in [7, 11) is 0. The molecular weight excluding hydrogens is 314 g/mol. The zero-order chi connectivity index (χ0) is 14.7. The van der Waals surface area contributed by atoms with Gasteiger partial charge in [-0.2, -0.15) is 5.10 Å². The summed E-state index contributed by atoms with van der Waals surface area (Å²) in [5.41, 5.74) is 8.85. The van der Waals surface area contributed by atoms with Gasteiger partial charge in [0.25, 0.3) is 0 Å². The van der Waals surface area contributed by atoms with Crippen molar-refractivity contribution in [3.05, 3.63) is 15.9 Å².